The molecule has 3 aromatic heterocycles. The van der Waals surface area contributed by atoms with Crippen molar-refractivity contribution in [1.82, 2.24) is 20.2 Å². The van der Waals surface area contributed by atoms with E-state index in [4.69, 9.17) is 0 Å². The number of aryl methyl sites for hydroxylation is 2. The molecule has 0 aliphatic carbocycles. The number of rotatable bonds is 6. The van der Waals surface area contributed by atoms with Gasteiger partial charge in [0.25, 0.3) is 0 Å². The average molecular weight is 340 g/mol. The summed E-state index contributed by atoms with van der Waals surface area (Å²) in [6.45, 7) is 0. The molecule has 0 atom stereocenters. The first kappa shape index (κ1) is 16.2. The van der Waals surface area contributed by atoms with E-state index in [-0.39, 0.29) is 0 Å². The zero-order valence-corrected chi connectivity index (χ0v) is 14.5. The Labute approximate surface area is 153 Å². The second-order valence-corrected chi connectivity index (χ2v) is 6.22. The number of pyridine rings is 2. The lowest BCUT2D eigenvalue weighted by molar-refractivity contribution is 0.794. The monoisotopic (exact) mass is 340 g/mol. The number of aromatic nitrogens is 4. The minimum atomic E-state index is 0.880. The summed E-state index contributed by atoms with van der Waals surface area (Å²) in [6.07, 6.45) is 8.49. The number of aromatic amines is 1. The maximum Gasteiger partial charge on any atom is 0.119 e. The lowest BCUT2D eigenvalue weighted by Crippen LogP contribution is -1.93. The largest absolute Gasteiger partial charge is 0.281 e. The molecule has 0 fully saturated rings. The van der Waals surface area contributed by atoms with Crippen molar-refractivity contribution in [3.63, 3.8) is 0 Å². The maximum absolute atomic E-state index is 4.58. The van der Waals surface area contributed by atoms with Gasteiger partial charge in [-0.2, -0.15) is 5.10 Å². The van der Waals surface area contributed by atoms with Gasteiger partial charge in [-0.15, -0.1) is 0 Å². The summed E-state index contributed by atoms with van der Waals surface area (Å²) in [7, 11) is 0. The molecule has 4 rings (SSSR count). The summed E-state index contributed by atoms with van der Waals surface area (Å²) in [5.41, 5.74) is 6.52. The summed E-state index contributed by atoms with van der Waals surface area (Å²) in [4.78, 5) is 8.62. The van der Waals surface area contributed by atoms with Crippen LogP contribution in [0.5, 0.6) is 0 Å². The molecule has 26 heavy (non-hydrogen) atoms. The molecular weight excluding hydrogens is 320 g/mol. The Kier molecular flexibility index (Phi) is 4.83. The molecule has 1 N–H and O–H groups in total. The van der Waals surface area contributed by atoms with Crippen LogP contribution in [0.2, 0.25) is 0 Å². The van der Waals surface area contributed by atoms with Gasteiger partial charge in [0.05, 0.1) is 5.69 Å². The van der Waals surface area contributed by atoms with Crippen LogP contribution in [0.4, 0.5) is 0 Å². The van der Waals surface area contributed by atoms with Crippen LogP contribution in [0.3, 0.4) is 0 Å². The summed E-state index contributed by atoms with van der Waals surface area (Å²) < 4.78 is 0. The predicted molar refractivity (Wildman–Crippen MR) is 104 cm³/mol. The van der Waals surface area contributed by atoms with Gasteiger partial charge >= 0.3 is 0 Å². The third-order valence-corrected chi connectivity index (χ3v) is 4.45. The molecule has 0 aliphatic rings. The highest BCUT2D eigenvalue weighted by Gasteiger charge is 2.17. The van der Waals surface area contributed by atoms with Gasteiger partial charge in [0, 0.05) is 29.8 Å². The smallest absolute Gasteiger partial charge is 0.119 e. The van der Waals surface area contributed by atoms with Crippen LogP contribution in [0.25, 0.3) is 22.5 Å². The molecule has 0 unspecified atom stereocenters. The van der Waals surface area contributed by atoms with Gasteiger partial charge in [-0.3, -0.25) is 15.1 Å². The Morgan fingerprint density at radius 3 is 2.35 bits per heavy atom. The summed E-state index contributed by atoms with van der Waals surface area (Å²) in [5.74, 6) is 0. The fourth-order valence-electron chi connectivity index (χ4n) is 3.19. The Bertz CT molecular complexity index is 947. The number of nitrogens with one attached hydrogen (secondary N) is 1. The summed E-state index contributed by atoms with van der Waals surface area (Å²) in [5, 5.41) is 7.83. The van der Waals surface area contributed by atoms with Crippen LogP contribution < -0.4 is 0 Å². The Morgan fingerprint density at radius 2 is 1.58 bits per heavy atom. The molecule has 1 aromatic carbocycles. The van der Waals surface area contributed by atoms with E-state index in [1.807, 2.05) is 42.7 Å². The zero-order chi connectivity index (χ0) is 17.6. The third-order valence-electron chi connectivity index (χ3n) is 4.45. The minimum absolute atomic E-state index is 0.880. The van der Waals surface area contributed by atoms with Crippen LogP contribution in [0.1, 0.15) is 17.7 Å². The van der Waals surface area contributed by atoms with Crippen LogP contribution >= 0.6 is 0 Å². The molecule has 0 saturated heterocycles. The molecule has 0 radical (unpaired) electrons. The molecule has 4 aromatic rings. The van der Waals surface area contributed by atoms with Crippen molar-refractivity contribution >= 4 is 0 Å². The number of benzene rings is 1. The summed E-state index contributed by atoms with van der Waals surface area (Å²) in [6, 6.07) is 20.5. The molecule has 4 heteroatoms. The molecular formula is C22H20N4. The van der Waals surface area contributed by atoms with Crippen molar-refractivity contribution in [3.8, 4) is 22.5 Å². The lowest BCUT2D eigenvalue weighted by Gasteiger charge is -2.06. The first-order chi connectivity index (χ1) is 12.9. The second kappa shape index (κ2) is 7.74. The quantitative estimate of drug-likeness (QED) is 0.553. The first-order valence-corrected chi connectivity index (χ1v) is 8.85. The van der Waals surface area contributed by atoms with Crippen LogP contribution in [-0.2, 0) is 12.8 Å². The lowest BCUT2D eigenvalue weighted by atomic mass is 9.98. The minimum Gasteiger partial charge on any atom is -0.281 e. The number of H-pyrrole nitrogens is 1. The number of hydrogen-bond donors (Lipinski definition) is 1. The predicted octanol–water partition coefficient (Wildman–Crippen LogP) is 4.71. The van der Waals surface area contributed by atoms with E-state index in [1.54, 1.807) is 6.20 Å². The van der Waals surface area contributed by atoms with Crippen molar-refractivity contribution < 1.29 is 0 Å². The molecule has 0 bridgehead atoms. The van der Waals surface area contributed by atoms with Gasteiger partial charge in [-0.05, 0) is 54.7 Å². The molecule has 0 spiro atoms. The van der Waals surface area contributed by atoms with E-state index in [0.717, 1.165) is 47.5 Å². The third kappa shape index (κ3) is 3.54. The average Bonchev–Trinajstić information content (AvgIpc) is 3.14. The Hall–Kier alpha value is -3.27. The Morgan fingerprint density at radius 1 is 0.769 bits per heavy atom. The highest BCUT2D eigenvalue weighted by atomic mass is 15.1. The normalized spacial score (nSPS) is 10.8. The van der Waals surface area contributed by atoms with E-state index in [2.05, 4.69) is 50.5 Å². The molecule has 0 amide bonds. The van der Waals surface area contributed by atoms with E-state index >= 15 is 0 Å². The first-order valence-electron chi connectivity index (χ1n) is 8.85. The molecule has 0 saturated carbocycles. The zero-order valence-electron chi connectivity index (χ0n) is 14.5. The van der Waals surface area contributed by atoms with Crippen molar-refractivity contribution in [2.45, 2.75) is 19.3 Å². The van der Waals surface area contributed by atoms with Gasteiger partial charge in [0.2, 0.25) is 0 Å². The van der Waals surface area contributed by atoms with Crippen molar-refractivity contribution in [2.24, 2.45) is 0 Å². The van der Waals surface area contributed by atoms with E-state index in [9.17, 15) is 0 Å². The highest BCUT2D eigenvalue weighted by Crippen LogP contribution is 2.32. The van der Waals surface area contributed by atoms with Crippen LogP contribution in [0.15, 0.2) is 79.3 Å². The van der Waals surface area contributed by atoms with Crippen molar-refractivity contribution in [2.75, 3.05) is 0 Å². The second-order valence-electron chi connectivity index (χ2n) is 6.22. The van der Waals surface area contributed by atoms with Crippen molar-refractivity contribution in [1.29, 1.82) is 0 Å². The van der Waals surface area contributed by atoms with Crippen molar-refractivity contribution in [3.05, 3.63) is 90.5 Å². The Balaban J connectivity index is 1.63. The van der Waals surface area contributed by atoms with Gasteiger partial charge in [-0.1, -0.05) is 36.4 Å². The van der Waals surface area contributed by atoms with Gasteiger partial charge in [0.1, 0.15) is 5.69 Å². The van der Waals surface area contributed by atoms with E-state index in [0.29, 0.717) is 0 Å². The molecule has 3 heterocycles. The van der Waals surface area contributed by atoms with Gasteiger partial charge in [0.15, 0.2) is 0 Å². The molecule has 4 nitrogen and oxygen atoms in total. The van der Waals surface area contributed by atoms with Crippen LogP contribution in [0, 0.1) is 0 Å². The van der Waals surface area contributed by atoms with Gasteiger partial charge in [-0.25, -0.2) is 0 Å². The number of nitrogens with zero attached hydrogens (tertiary/aromatic N) is 3. The van der Waals surface area contributed by atoms with E-state index < -0.39 is 0 Å². The fourth-order valence-corrected chi connectivity index (χ4v) is 3.19. The molecule has 128 valence electrons. The molecule has 0 aliphatic heterocycles. The maximum atomic E-state index is 4.58. The standard InChI is InChI=1S/C22H20N4/c1-2-7-17(8-3-1)9-6-11-19-21(18-12-15-23-16-13-18)22(26-25-19)20-10-4-5-14-24-20/h1-5,7-8,10,12-16H,6,9,11H2,(H,25,26). The SMILES string of the molecule is c1ccc(CCCc2[nH]nc(-c3ccccn3)c2-c2ccncc2)cc1. The van der Waals surface area contributed by atoms with E-state index in [1.165, 1.54) is 5.56 Å². The van der Waals surface area contributed by atoms with Gasteiger partial charge < -0.3 is 0 Å². The fraction of sp³-hybridized carbons (Fsp3) is 0.136. The topological polar surface area (TPSA) is 54.5 Å². The van der Waals surface area contributed by atoms with Crippen LogP contribution in [-0.4, -0.2) is 20.2 Å². The highest BCUT2D eigenvalue weighted by molar-refractivity contribution is 5.80. The number of hydrogen-bond acceptors (Lipinski definition) is 3. The summed E-state index contributed by atoms with van der Waals surface area (Å²) >= 11 is 0.